The maximum absolute atomic E-state index is 5.21. The Hall–Kier alpha value is -1.22. The van der Waals surface area contributed by atoms with Gasteiger partial charge in [0.05, 0.1) is 14.2 Å². The van der Waals surface area contributed by atoms with Crippen LogP contribution in [0.4, 0.5) is 0 Å². The predicted molar refractivity (Wildman–Crippen MR) is 59.7 cm³/mol. The molecule has 0 aliphatic carbocycles. The molecule has 2 aromatic rings. The monoisotopic (exact) mass is 208 g/mol. The van der Waals surface area contributed by atoms with E-state index in [1.165, 1.54) is 15.6 Å². The fourth-order valence-electron chi connectivity index (χ4n) is 1.49. The van der Waals surface area contributed by atoms with Crippen molar-refractivity contribution >= 4 is 21.4 Å². The number of fused-ring (bicyclic) bond motifs is 1. The first kappa shape index (κ1) is 9.34. The molecule has 0 aliphatic rings. The topological polar surface area (TPSA) is 18.5 Å². The van der Waals surface area contributed by atoms with Gasteiger partial charge in [0.2, 0.25) is 0 Å². The van der Waals surface area contributed by atoms with Gasteiger partial charge in [0.25, 0.3) is 0 Å². The summed E-state index contributed by atoms with van der Waals surface area (Å²) in [7, 11) is 3.38. The molecule has 0 spiro atoms. The Balaban J connectivity index is 2.67. The average molecular weight is 208 g/mol. The zero-order valence-electron chi connectivity index (χ0n) is 8.46. The molecule has 0 atom stereocenters. The van der Waals surface area contributed by atoms with Gasteiger partial charge in [0.15, 0.2) is 5.06 Å². The molecule has 0 amide bonds. The van der Waals surface area contributed by atoms with Crippen LogP contribution in [0.15, 0.2) is 18.2 Å². The zero-order valence-corrected chi connectivity index (χ0v) is 9.27. The van der Waals surface area contributed by atoms with Crippen molar-refractivity contribution in [3.05, 3.63) is 23.8 Å². The minimum Gasteiger partial charge on any atom is -0.497 e. The van der Waals surface area contributed by atoms with Crippen LogP contribution in [0.2, 0.25) is 0 Å². The van der Waals surface area contributed by atoms with Gasteiger partial charge in [-0.15, -0.1) is 0 Å². The smallest absolute Gasteiger partial charge is 0.174 e. The molecule has 1 aromatic heterocycles. The molecule has 2 nitrogen and oxygen atoms in total. The number of benzene rings is 1. The normalized spacial score (nSPS) is 10.5. The molecular weight excluding hydrogens is 196 g/mol. The summed E-state index contributed by atoms with van der Waals surface area (Å²) < 4.78 is 11.7. The standard InChI is InChI=1S/C11H12O2S/c1-7-4-9(12-2)5-8-6-10(13-3)14-11(7)8/h4-6H,1-3H3. The van der Waals surface area contributed by atoms with Crippen molar-refractivity contribution in [2.75, 3.05) is 14.2 Å². The molecule has 0 bridgehead atoms. The fraction of sp³-hybridized carbons (Fsp3) is 0.273. The molecule has 74 valence electrons. The van der Waals surface area contributed by atoms with Crippen molar-refractivity contribution < 1.29 is 9.47 Å². The minimum atomic E-state index is 0.899. The van der Waals surface area contributed by atoms with Gasteiger partial charge in [-0.25, -0.2) is 0 Å². The summed E-state index contributed by atoms with van der Waals surface area (Å²) >= 11 is 1.67. The molecule has 0 N–H and O–H groups in total. The highest BCUT2D eigenvalue weighted by Crippen LogP contribution is 2.36. The third-order valence-electron chi connectivity index (χ3n) is 2.19. The van der Waals surface area contributed by atoms with Crippen LogP contribution in [0.1, 0.15) is 5.56 Å². The summed E-state index contributed by atoms with van der Waals surface area (Å²) in [6.07, 6.45) is 0. The van der Waals surface area contributed by atoms with Gasteiger partial charge in [0.1, 0.15) is 5.75 Å². The van der Waals surface area contributed by atoms with Crippen molar-refractivity contribution in [3.8, 4) is 10.8 Å². The zero-order chi connectivity index (χ0) is 10.1. The Kier molecular flexibility index (Phi) is 2.33. The number of ether oxygens (including phenoxy) is 2. The number of hydrogen-bond acceptors (Lipinski definition) is 3. The lowest BCUT2D eigenvalue weighted by atomic mass is 10.2. The Bertz CT molecular complexity index is 460. The second-order valence-electron chi connectivity index (χ2n) is 3.13. The molecule has 1 heterocycles. The lowest BCUT2D eigenvalue weighted by Gasteiger charge is -2.01. The van der Waals surface area contributed by atoms with Crippen LogP contribution in [-0.4, -0.2) is 14.2 Å². The van der Waals surface area contributed by atoms with E-state index >= 15 is 0 Å². The van der Waals surface area contributed by atoms with Gasteiger partial charge in [-0.1, -0.05) is 11.3 Å². The molecule has 0 aliphatic heterocycles. The number of rotatable bonds is 2. The van der Waals surface area contributed by atoms with Crippen LogP contribution < -0.4 is 9.47 Å². The first-order chi connectivity index (χ1) is 6.74. The van der Waals surface area contributed by atoms with E-state index in [4.69, 9.17) is 9.47 Å². The van der Waals surface area contributed by atoms with E-state index in [1.54, 1.807) is 25.6 Å². The molecule has 0 fully saturated rings. The number of thiophene rings is 1. The average Bonchev–Trinajstić information content (AvgIpc) is 2.61. The van der Waals surface area contributed by atoms with Crippen LogP contribution in [0, 0.1) is 6.92 Å². The fourth-order valence-corrected chi connectivity index (χ4v) is 2.42. The molecule has 2 rings (SSSR count). The molecule has 0 unspecified atom stereocenters. The molecule has 1 aromatic carbocycles. The van der Waals surface area contributed by atoms with Crippen LogP contribution >= 0.6 is 11.3 Å². The maximum Gasteiger partial charge on any atom is 0.174 e. The van der Waals surface area contributed by atoms with Gasteiger partial charge in [0, 0.05) is 10.1 Å². The second kappa shape index (κ2) is 3.50. The van der Waals surface area contributed by atoms with Crippen molar-refractivity contribution in [2.45, 2.75) is 6.92 Å². The Morgan fingerprint density at radius 1 is 1.07 bits per heavy atom. The summed E-state index contributed by atoms with van der Waals surface area (Å²) in [6, 6.07) is 6.11. The molecule has 0 saturated heterocycles. The second-order valence-corrected chi connectivity index (χ2v) is 4.15. The lowest BCUT2D eigenvalue weighted by Crippen LogP contribution is -1.82. The summed E-state index contributed by atoms with van der Waals surface area (Å²) in [5.41, 5.74) is 1.23. The molecule has 0 radical (unpaired) electrons. The van der Waals surface area contributed by atoms with E-state index < -0.39 is 0 Å². The third kappa shape index (κ3) is 1.44. The summed E-state index contributed by atoms with van der Waals surface area (Å²) in [5, 5.41) is 2.13. The number of aryl methyl sites for hydroxylation is 1. The van der Waals surface area contributed by atoms with E-state index in [0.29, 0.717) is 0 Å². The maximum atomic E-state index is 5.21. The lowest BCUT2D eigenvalue weighted by molar-refractivity contribution is 0.415. The highest BCUT2D eigenvalue weighted by atomic mass is 32.1. The van der Waals surface area contributed by atoms with Gasteiger partial charge in [-0.05, 0) is 30.7 Å². The number of hydrogen-bond donors (Lipinski definition) is 0. The Morgan fingerprint density at radius 3 is 2.50 bits per heavy atom. The van der Waals surface area contributed by atoms with Crippen LogP contribution in [-0.2, 0) is 0 Å². The molecule has 0 saturated carbocycles. The summed E-state index contributed by atoms with van der Waals surface area (Å²) in [4.78, 5) is 0. The van der Waals surface area contributed by atoms with Crippen molar-refractivity contribution in [1.82, 2.24) is 0 Å². The van der Waals surface area contributed by atoms with Gasteiger partial charge >= 0.3 is 0 Å². The van der Waals surface area contributed by atoms with Crippen LogP contribution in [0.25, 0.3) is 10.1 Å². The molecule has 14 heavy (non-hydrogen) atoms. The van der Waals surface area contributed by atoms with Crippen LogP contribution in [0.3, 0.4) is 0 Å². The minimum absolute atomic E-state index is 0.899. The quantitative estimate of drug-likeness (QED) is 0.754. The first-order valence-corrected chi connectivity index (χ1v) is 5.18. The van der Waals surface area contributed by atoms with Crippen molar-refractivity contribution in [1.29, 1.82) is 0 Å². The van der Waals surface area contributed by atoms with E-state index in [9.17, 15) is 0 Å². The van der Waals surface area contributed by atoms with E-state index in [0.717, 1.165) is 10.8 Å². The summed E-state index contributed by atoms with van der Waals surface area (Å²) in [5.74, 6) is 0.899. The van der Waals surface area contributed by atoms with Crippen molar-refractivity contribution in [3.63, 3.8) is 0 Å². The Morgan fingerprint density at radius 2 is 1.86 bits per heavy atom. The predicted octanol–water partition coefficient (Wildman–Crippen LogP) is 3.23. The molecule has 3 heteroatoms. The SMILES string of the molecule is COc1cc(C)c2sc(OC)cc2c1. The largest absolute Gasteiger partial charge is 0.497 e. The third-order valence-corrected chi connectivity index (χ3v) is 3.44. The van der Waals surface area contributed by atoms with E-state index in [2.05, 4.69) is 6.92 Å². The van der Waals surface area contributed by atoms with Gasteiger partial charge in [-0.2, -0.15) is 0 Å². The van der Waals surface area contributed by atoms with Gasteiger partial charge in [-0.3, -0.25) is 0 Å². The van der Waals surface area contributed by atoms with Gasteiger partial charge < -0.3 is 9.47 Å². The Labute approximate surface area is 87.1 Å². The number of methoxy groups -OCH3 is 2. The first-order valence-electron chi connectivity index (χ1n) is 4.37. The highest BCUT2D eigenvalue weighted by molar-refractivity contribution is 7.21. The van der Waals surface area contributed by atoms with Crippen molar-refractivity contribution in [2.24, 2.45) is 0 Å². The van der Waals surface area contributed by atoms with E-state index in [1.807, 2.05) is 18.2 Å². The summed E-state index contributed by atoms with van der Waals surface area (Å²) in [6.45, 7) is 2.08. The van der Waals surface area contributed by atoms with E-state index in [-0.39, 0.29) is 0 Å². The highest BCUT2D eigenvalue weighted by Gasteiger charge is 2.06. The molecular formula is C11H12O2S. The van der Waals surface area contributed by atoms with Crippen LogP contribution in [0.5, 0.6) is 10.8 Å².